The Morgan fingerprint density at radius 3 is 2.09 bits per heavy atom. The largest absolute Gasteiger partial charge is 0.345 e. The average Bonchev–Trinajstić information content (AvgIpc) is 3.46. The third kappa shape index (κ3) is 5.55. The minimum atomic E-state index is 0.382. The number of rotatable bonds is 8. The molecule has 1 unspecified atom stereocenters. The predicted molar refractivity (Wildman–Crippen MR) is 198 cm³/mol. The summed E-state index contributed by atoms with van der Waals surface area (Å²) < 4.78 is 0. The van der Waals surface area contributed by atoms with Gasteiger partial charge in [0.05, 0.1) is 5.69 Å². The summed E-state index contributed by atoms with van der Waals surface area (Å²) in [5, 5.41) is 0. The molecule has 5 aromatic rings. The summed E-state index contributed by atoms with van der Waals surface area (Å²) in [6, 6.07) is 44.2. The fourth-order valence-electron chi connectivity index (χ4n) is 6.64. The number of anilines is 4. The number of fused-ring (bicyclic) bond motifs is 3. The highest BCUT2D eigenvalue weighted by atomic mass is 15.2. The van der Waals surface area contributed by atoms with Crippen LogP contribution in [-0.4, -0.2) is 7.05 Å². The molecule has 5 aromatic carbocycles. The maximum absolute atomic E-state index is 3.79. The molecule has 0 saturated heterocycles. The normalized spacial score (nSPS) is 15.4. The first-order valence-corrected chi connectivity index (χ1v) is 16.0. The lowest BCUT2D eigenvalue weighted by Crippen LogP contribution is -2.14. The molecule has 0 N–H and O–H groups in total. The number of hydrogen-bond donors (Lipinski definition) is 0. The molecule has 0 fully saturated rings. The van der Waals surface area contributed by atoms with Gasteiger partial charge in [-0.15, -0.1) is 0 Å². The van der Waals surface area contributed by atoms with E-state index in [1.807, 2.05) is 6.08 Å². The third-order valence-corrected chi connectivity index (χ3v) is 9.17. The van der Waals surface area contributed by atoms with Crippen LogP contribution in [0.1, 0.15) is 30.4 Å². The van der Waals surface area contributed by atoms with Crippen LogP contribution in [0.4, 0.5) is 22.7 Å². The van der Waals surface area contributed by atoms with E-state index in [1.165, 1.54) is 56.0 Å². The van der Waals surface area contributed by atoms with E-state index in [0.717, 1.165) is 17.8 Å². The average molecular weight is 595 g/mol. The second-order valence-corrected chi connectivity index (χ2v) is 11.8. The zero-order valence-electron chi connectivity index (χ0n) is 26.5. The van der Waals surface area contributed by atoms with Gasteiger partial charge in [-0.05, 0) is 101 Å². The topological polar surface area (TPSA) is 6.48 Å². The Morgan fingerprint density at radius 1 is 0.761 bits per heavy atom. The summed E-state index contributed by atoms with van der Waals surface area (Å²) in [7, 11) is 2.12. The van der Waals surface area contributed by atoms with Crippen molar-refractivity contribution < 1.29 is 0 Å². The van der Waals surface area contributed by atoms with Crippen LogP contribution in [0.3, 0.4) is 0 Å². The third-order valence-electron chi connectivity index (χ3n) is 9.17. The van der Waals surface area contributed by atoms with Crippen molar-refractivity contribution in [3.05, 3.63) is 187 Å². The molecule has 1 heterocycles. The quantitative estimate of drug-likeness (QED) is 0.165. The molecule has 0 saturated carbocycles. The van der Waals surface area contributed by atoms with Gasteiger partial charge >= 0.3 is 0 Å². The molecule has 0 radical (unpaired) electrons. The van der Waals surface area contributed by atoms with Crippen molar-refractivity contribution in [2.45, 2.75) is 19.3 Å². The van der Waals surface area contributed by atoms with Crippen LogP contribution in [0.2, 0.25) is 0 Å². The Hall–Kier alpha value is -5.60. The highest BCUT2D eigenvalue weighted by Gasteiger charge is 2.35. The van der Waals surface area contributed by atoms with Crippen LogP contribution in [-0.2, 0) is 0 Å². The summed E-state index contributed by atoms with van der Waals surface area (Å²) in [6.07, 6.45) is 15.8. The van der Waals surface area contributed by atoms with Crippen molar-refractivity contribution in [2.24, 2.45) is 0 Å². The zero-order valence-corrected chi connectivity index (χ0v) is 26.5. The van der Waals surface area contributed by atoms with Gasteiger partial charge in [0.25, 0.3) is 0 Å². The van der Waals surface area contributed by atoms with Crippen molar-refractivity contribution >= 4 is 28.3 Å². The smallest absolute Gasteiger partial charge is 0.0503 e. The summed E-state index contributed by atoms with van der Waals surface area (Å²) in [5.74, 6) is 0.382. The van der Waals surface area contributed by atoms with Crippen LogP contribution >= 0.6 is 0 Å². The predicted octanol–water partition coefficient (Wildman–Crippen LogP) is 12.0. The maximum Gasteiger partial charge on any atom is 0.0503 e. The van der Waals surface area contributed by atoms with E-state index in [9.17, 15) is 0 Å². The fraction of sp³-hybridized carbons (Fsp3) is 0.0909. The Labute approximate surface area is 273 Å². The molecule has 0 amide bonds. The van der Waals surface area contributed by atoms with Crippen molar-refractivity contribution in [1.82, 2.24) is 0 Å². The molecular weight excluding hydrogens is 556 g/mol. The van der Waals surface area contributed by atoms with Gasteiger partial charge < -0.3 is 9.80 Å². The van der Waals surface area contributed by atoms with E-state index in [2.05, 4.69) is 182 Å². The molecule has 0 aromatic heterocycles. The lowest BCUT2D eigenvalue weighted by molar-refractivity contribution is 0.819. The molecule has 224 valence electrons. The first-order chi connectivity index (χ1) is 22.6. The van der Waals surface area contributed by atoms with Gasteiger partial charge in [-0.1, -0.05) is 122 Å². The monoisotopic (exact) mass is 594 g/mol. The molecule has 1 atom stereocenters. The van der Waals surface area contributed by atoms with E-state index in [1.54, 1.807) is 6.08 Å². The first kappa shape index (κ1) is 29.1. The van der Waals surface area contributed by atoms with Gasteiger partial charge in [0.15, 0.2) is 0 Å². The van der Waals surface area contributed by atoms with Crippen molar-refractivity contribution in [2.75, 3.05) is 16.8 Å². The molecule has 2 aliphatic rings. The van der Waals surface area contributed by atoms with Gasteiger partial charge in [-0.25, -0.2) is 0 Å². The number of benzene rings is 5. The molecule has 2 heteroatoms. The van der Waals surface area contributed by atoms with Gasteiger partial charge in [0.2, 0.25) is 0 Å². The zero-order chi connectivity index (χ0) is 31.5. The summed E-state index contributed by atoms with van der Waals surface area (Å²) in [6.45, 7) is 5.85. The Bertz CT molecular complexity index is 1970. The molecule has 0 bridgehead atoms. The second-order valence-electron chi connectivity index (χ2n) is 11.8. The van der Waals surface area contributed by atoms with E-state index in [0.29, 0.717) is 5.92 Å². The Balaban J connectivity index is 1.15. The van der Waals surface area contributed by atoms with Gasteiger partial charge in [-0.3, -0.25) is 0 Å². The van der Waals surface area contributed by atoms with Gasteiger partial charge in [0, 0.05) is 35.7 Å². The highest BCUT2D eigenvalue weighted by molar-refractivity contribution is 5.84. The molecule has 2 nitrogen and oxygen atoms in total. The van der Waals surface area contributed by atoms with Gasteiger partial charge in [0.1, 0.15) is 0 Å². The van der Waals surface area contributed by atoms with Gasteiger partial charge in [-0.2, -0.15) is 0 Å². The standard InChI is InChI=1S/C44H38N2/c1-4-6-12-32(5-2)34-17-24-38(25-18-34)45(3)39-26-19-36(20-27-39)37-23-30-42-41-15-10-11-16-43(41)46(44(42)31-37)40-28-21-35(22-29-40)33-13-8-7-9-14-33/h4-14,16-31,41H,1,15H2,2-3H3/b12-6-,32-5+. The van der Waals surface area contributed by atoms with Crippen LogP contribution < -0.4 is 9.80 Å². The van der Waals surface area contributed by atoms with Crippen molar-refractivity contribution in [1.29, 1.82) is 0 Å². The van der Waals surface area contributed by atoms with Crippen LogP contribution in [0.25, 0.3) is 27.8 Å². The Morgan fingerprint density at radius 2 is 1.39 bits per heavy atom. The lowest BCUT2D eigenvalue weighted by Gasteiger charge is -2.25. The summed E-state index contributed by atoms with van der Waals surface area (Å²) in [5.41, 5.74) is 14.8. The number of hydrogen-bond acceptors (Lipinski definition) is 2. The summed E-state index contributed by atoms with van der Waals surface area (Å²) >= 11 is 0. The SMILES string of the molecule is C=C/C=C\C(=C/C)c1ccc(N(C)c2ccc(-c3ccc4c(c3)N(c3ccc(-c5ccccc5)cc3)C3=CC=CCC34)cc2)cc1. The molecule has 0 spiro atoms. The molecule has 46 heavy (non-hydrogen) atoms. The molecule has 1 aliphatic carbocycles. The van der Waals surface area contributed by atoms with Crippen LogP contribution in [0, 0.1) is 0 Å². The van der Waals surface area contributed by atoms with Crippen LogP contribution in [0.15, 0.2) is 176 Å². The second kappa shape index (κ2) is 12.8. The maximum atomic E-state index is 3.79. The van der Waals surface area contributed by atoms with E-state index in [-0.39, 0.29) is 0 Å². The highest BCUT2D eigenvalue weighted by Crippen LogP contribution is 2.51. The van der Waals surface area contributed by atoms with E-state index >= 15 is 0 Å². The first-order valence-electron chi connectivity index (χ1n) is 16.0. The summed E-state index contributed by atoms with van der Waals surface area (Å²) in [4.78, 5) is 4.69. The molecule has 1 aliphatic heterocycles. The fourth-order valence-corrected chi connectivity index (χ4v) is 6.64. The minimum absolute atomic E-state index is 0.382. The van der Waals surface area contributed by atoms with Crippen LogP contribution in [0.5, 0.6) is 0 Å². The van der Waals surface area contributed by atoms with E-state index in [4.69, 9.17) is 0 Å². The number of allylic oxidation sites excluding steroid dienone is 9. The number of nitrogens with zero attached hydrogens (tertiary/aromatic N) is 2. The van der Waals surface area contributed by atoms with Crippen molar-refractivity contribution in [3.63, 3.8) is 0 Å². The van der Waals surface area contributed by atoms with E-state index < -0.39 is 0 Å². The molecular formula is C44H38N2. The minimum Gasteiger partial charge on any atom is -0.345 e. The Kier molecular flexibility index (Phi) is 8.10. The van der Waals surface area contributed by atoms with Crippen molar-refractivity contribution in [3.8, 4) is 22.3 Å². The molecule has 7 rings (SSSR count). The lowest BCUT2D eigenvalue weighted by atomic mass is 9.91.